The molecule has 0 saturated heterocycles. The molecule has 1 N–H and O–H groups in total. The van der Waals surface area contributed by atoms with Crippen LogP contribution in [0.25, 0.3) is 0 Å². The first-order chi connectivity index (χ1) is 7.58. The van der Waals surface area contributed by atoms with Crippen molar-refractivity contribution in [1.82, 2.24) is 5.32 Å². The Morgan fingerprint density at radius 1 is 1.44 bits per heavy atom. The molecular formula is C12H11BrINO. The molecule has 4 rings (SSSR count). The van der Waals surface area contributed by atoms with Crippen LogP contribution < -0.4 is 5.32 Å². The van der Waals surface area contributed by atoms with Crippen molar-refractivity contribution in [3.63, 3.8) is 0 Å². The highest BCUT2D eigenvalue weighted by Crippen LogP contribution is 2.57. The number of hydrogen-bond acceptors (Lipinski definition) is 1. The molecule has 84 valence electrons. The molecule has 2 bridgehead atoms. The maximum absolute atomic E-state index is 12.1. The molecule has 1 aromatic rings. The van der Waals surface area contributed by atoms with Crippen molar-refractivity contribution >= 4 is 44.4 Å². The first-order valence-corrected chi connectivity index (χ1v) is 7.23. The fourth-order valence-corrected chi connectivity index (χ4v) is 3.55. The predicted molar refractivity (Wildman–Crippen MR) is 74.4 cm³/mol. The van der Waals surface area contributed by atoms with Crippen LogP contribution in [0.5, 0.6) is 0 Å². The largest absolute Gasteiger partial charge is 0.347 e. The number of hydrogen-bond donors (Lipinski definition) is 1. The van der Waals surface area contributed by atoms with Crippen LogP contribution in [0.4, 0.5) is 0 Å². The van der Waals surface area contributed by atoms with Gasteiger partial charge in [-0.3, -0.25) is 4.79 Å². The molecule has 0 radical (unpaired) electrons. The van der Waals surface area contributed by atoms with Crippen molar-refractivity contribution in [2.45, 2.75) is 24.8 Å². The average molecular weight is 392 g/mol. The standard InChI is InChI=1S/C12H11BrINO/c13-8-1-2-10(14)9(3-8)11(16)15-12-4-7(5-12)6-12/h1-3,7H,4-6H2,(H,15,16). The van der Waals surface area contributed by atoms with Crippen LogP contribution >= 0.6 is 38.5 Å². The quantitative estimate of drug-likeness (QED) is 0.769. The Morgan fingerprint density at radius 2 is 2.12 bits per heavy atom. The van der Waals surface area contributed by atoms with Gasteiger partial charge in [0.2, 0.25) is 0 Å². The van der Waals surface area contributed by atoms with E-state index in [4.69, 9.17) is 0 Å². The molecule has 4 heteroatoms. The molecule has 0 unspecified atom stereocenters. The van der Waals surface area contributed by atoms with Crippen molar-refractivity contribution in [1.29, 1.82) is 0 Å². The second-order valence-electron chi connectivity index (χ2n) is 4.84. The van der Waals surface area contributed by atoms with Crippen molar-refractivity contribution in [2.75, 3.05) is 0 Å². The number of nitrogens with one attached hydrogen (secondary N) is 1. The van der Waals surface area contributed by atoms with E-state index in [1.165, 1.54) is 19.3 Å². The molecule has 0 spiro atoms. The molecule has 1 aromatic carbocycles. The lowest BCUT2D eigenvalue weighted by Gasteiger charge is -2.61. The number of carbonyl (C=O) groups excluding carboxylic acids is 1. The monoisotopic (exact) mass is 391 g/mol. The van der Waals surface area contributed by atoms with Crippen LogP contribution in [0.2, 0.25) is 0 Å². The van der Waals surface area contributed by atoms with Gasteiger partial charge in [-0.25, -0.2) is 0 Å². The lowest BCUT2D eigenvalue weighted by molar-refractivity contribution is -0.0438. The van der Waals surface area contributed by atoms with E-state index in [-0.39, 0.29) is 11.4 Å². The van der Waals surface area contributed by atoms with E-state index in [2.05, 4.69) is 43.8 Å². The van der Waals surface area contributed by atoms with Gasteiger partial charge in [-0.05, 0) is 66.0 Å². The van der Waals surface area contributed by atoms with E-state index in [1.54, 1.807) is 0 Å². The van der Waals surface area contributed by atoms with Crippen LogP contribution in [0.1, 0.15) is 29.6 Å². The van der Waals surface area contributed by atoms with Crippen molar-refractivity contribution in [2.24, 2.45) is 5.92 Å². The second-order valence-corrected chi connectivity index (χ2v) is 6.91. The van der Waals surface area contributed by atoms with Crippen LogP contribution in [-0.2, 0) is 0 Å². The van der Waals surface area contributed by atoms with Gasteiger partial charge in [0.1, 0.15) is 0 Å². The summed E-state index contributed by atoms with van der Waals surface area (Å²) in [6.07, 6.45) is 3.55. The summed E-state index contributed by atoms with van der Waals surface area (Å²) in [7, 11) is 0. The Bertz CT molecular complexity index is 457. The molecule has 3 fully saturated rings. The molecule has 0 atom stereocenters. The highest BCUT2D eigenvalue weighted by molar-refractivity contribution is 14.1. The fourth-order valence-electron chi connectivity index (χ4n) is 2.61. The minimum absolute atomic E-state index is 0.0730. The molecular weight excluding hydrogens is 381 g/mol. The summed E-state index contributed by atoms with van der Waals surface area (Å²) in [5.41, 5.74) is 0.937. The number of amides is 1. The summed E-state index contributed by atoms with van der Waals surface area (Å²) in [5, 5.41) is 3.18. The Hall–Kier alpha value is -0.100. The van der Waals surface area contributed by atoms with E-state index >= 15 is 0 Å². The number of benzene rings is 1. The zero-order valence-corrected chi connectivity index (χ0v) is 12.3. The normalized spacial score (nSPS) is 30.2. The lowest BCUT2D eigenvalue weighted by atomic mass is 9.50. The molecule has 0 aliphatic heterocycles. The molecule has 3 saturated carbocycles. The third-order valence-electron chi connectivity index (χ3n) is 3.59. The third-order valence-corrected chi connectivity index (χ3v) is 5.02. The van der Waals surface area contributed by atoms with Gasteiger partial charge in [0, 0.05) is 13.6 Å². The van der Waals surface area contributed by atoms with E-state index in [1.807, 2.05) is 18.2 Å². The zero-order valence-electron chi connectivity index (χ0n) is 8.59. The average Bonchev–Trinajstić information content (AvgIpc) is 2.13. The lowest BCUT2D eigenvalue weighted by Crippen LogP contribution is -2.68. The topological polar surface area (TPSA) is 29.1 Å². The van der Waals surface area contributed by atoms with E-state index in [0.717, 1.165) is 19.5 Å². The maximum atomic E-state index is 12.1. The van der Waals surface area contributed by atoms with Gasteiger partial charge in [-0.2, -0.15) is 0 Å². The van der Waals surface area contributed by atoms with Gasteiger partial charge in [-0.1, -0.05) is 15.9 Å². The molecule has 3 aliphatic rings. The van der Waals surface area contributed by atoms with Gasteiger partial charge in [0.25, 0.3) is 5.91 Å². The van der Waals surface area contributed by atoms with Crippen LogP contribution in [-0.4, -0.2) is 11.4 Å². The number of halogens is 2. The Kier molecular flexibility index (Phi) is 2.55. The summed E-state index contributed by atoms with van der Waals surface area (Å²) in [5.74, 6) is 0.964. The highest BCUT2D eigenvalue weighted by Gasteiger charge is 2.57. The van der Waals surface area contributed by atoms with Gasteiger partial charge >= 0.3 is 0 Å². The predicted octanol–water partition coefficient (Wildman–Crippen LogP) is 3.34. The molecule has 16 heavy (non-hydrogen) atoms. The van der Waals surface area contributed by atoms with Gasteiger partial charge in [0.05, 0.1) is 5.56 Å². The minimum Gasteiger partial charge on any atom is -0.347 e. The Morgan fingerprint density at radius 3 is 2.69 bits per heavy atom. The molecule has 3 aliphatic carbocycles. The van der Waals surface area contributed by atoms with E-state index in [0.29, 0.717) is 0 Å². The fraction of sp³-hybridized carbons (Fsp3) is 0.417. The van der Waals surface area contributed by atoms with Gasteiger partial charge in [0.15, 0.2) is 0 Å². The van der Waals surface area contributed by atoms with Gasteiger partial charge < -0.3 is 5.32 Å². The van der Waals surface area contributed by atoms with Crippen LogP contribution in [0.3, 0.4) is 0 Å². The van der Waals surface area contributed by atoms with Crippen molar-refractivity contribution < 1.29 is 4.79 Å². The van der Waals surface area contributed by atoms with Crippen molar-refractivity contribution in [3.05, 3.63) is 31.8 Å². The molecule has 0 heterocycles. The van der Waals surface area contributed by atoms with E-state index in [9.17, 15) is 4.79 Å². The SMILES string of the molecule is O=C(NC12CC(C1)C2)c1cc(Br)ccc1I. The number of carbonyl (C=O) groups is 1. The van der Waals surface area contributed by atoms with E-state index < -0.39 is 0 Å². The first kappa shape index (κ1) is 11.0. The Labute approximate surface area is 116 Å². The summed E-state index contributed by atoms with van der Waals surface area (Å²) in [4.78, 5) is 12.1. The third kappa shape index (κ3) is 1.70. The highest BCUT2D eigenvalue weighted by atomic mass is 127. The second kappa shape index (κ2) is 3.70. The summed E-state index contributed by atoms with van der Waals surface area (Å²) in [6.45, 7) is 0. The molecule has 0 aromatic heterocycles. The summed E-state index contributed by atoms with van der Waals surface area (Å²) < 4.78 is 1.96. The van der Waals surface area contributed by atoms with Gasteiger partial charge in [-0.15, -0.1) is 0 Å². The smallest absolute Gasteiger partial charge is 0.252 e. The van der Waals surface area contributed by atoms with Crippen molar-refractivity contribution in [3.8, 4) is 0 Å². The zero-order chi connectivity index (χ0) is 11.3. The summed E-state index contributed by atoms with van der Waals surface area (Å²) in [6, 6.07) is 5.81. The number of rotatable bonds is 2. The van der Waals surface area contributed by atoms with Crippen LogP contribution in [0.15, 0.2) is 22.7 Å². The first-order valence-electron chi connectivity index (χ1n) is 5.36. The Balaban J connectivity index is 1.80. The molecule has 2 nitrogen and oxygen atoms in total. The molecule has 1 amide bonds. The summed E-state index contributed by atoms with van der Waals surface area (Å²) >= 11 is 5.61. The maximum Gasteiger partial charge on any atom is 0.252 e. The minimum atomic E-state index is 0.0730. The van der Waals surface area contributed by atoms with Crippen LogP contribution in [0, 0.1) is 9.49 Å².